The SMILES string of the molecule is C#CCC(=O)Cc1ccc(Cl)c(Cl)c1. The lowest BCUT2D eigenvalue weighted by molar-refractivity contribution is -0.117. The van der Waals surface area contributed by atoms with Crippen LogP contribution in [0.4, 0.5) is 0 Å². The molecule has 0 saturated carbocycles. The Morgan fingerprint density at radius 2 is 2.07 bits per heavy atom. The summed E-state index contributed by atoms with van der Waals surface area (Å²) >= 11 is 11.5. The van der Waals surface area contributed by atoms with Gasteiger partial charge in [-0.2, -0.15) is 0 Å². The van der Waals surface area contributed by atoms with Crippen molar-refractivity contribution in [3.63, 3.8) is 0 Å². The fourth-order valence-electron chi connectivity index (χ4n) is 1.05. The second-order valence-corrected chi connectivity index (χ2v) is 3.66. The number of Topliss-reactive ketones (excluding diaryl/α,β-unsaturated/α-hetero) is 1. The Labute approximate surface area is 93.0 Å². The van der Waals surface area contributed by atoms with Crippen LogP contribution in [0.3, 0.4) is 0 Å². The third kappa shape index (κ3) is 3.06. The molecule has 0 aromatic heterocycles. The van der Waals surface area contributed by atoms with Gasteiger partial charge in [0.05, 0.1) is 16.5 Å². The second kappa shape index (κ2) is 5.05. The Hall–Kier alpha value is -0.970. The van der Waals surface area contributed by atoms with E-state index < -0.39 is 0 Å². The molecule has 0 atom stereocenters. The van der Waals surface area contributed by atoms with E-state index in [-0.39, 0.29) is 12.2 Å². The molecular formula is C11H8Cl2O. The minimum Gasteiger partial charge on any atom is -0.298 e. The van der Waals surface area contributed by atoms with Gasteiger partial charge in [-0.25, -0.2) is 0 Å². The molecule has 0 aliphatic rings. The number of ketones is 1. The number of carbonyl (C=O) groups is 1. The highest BCUT2D eigenvalue weighted by Crippen LogP contribution is 2.22. The average Bonchev–Trinajstić information content (AvgIpc) is 2.12. The molecular weight excluding hydrogens is 219 g/mol. The molecule has 0 aliphatic carbocycles. The zero-order valence-electron chi connectivity index (χ0n) is 7.39. The fraction of sp³-hybridized carbons (Fsp3) is 0.182. The van der Waals surface area contributed by atoms with E-state index in [9.17, 15) is 4.79 Å². The molecule has 1 nitrogen and oxygen atoms in total. The third-order valence-corrected chi connectivity index (χ3v) is 2.42. The summed E-state index contributed by atoms with van der Waals surface area (Å²) in [5.41, 5.74) is 0.833. The molecule has 0 saturated heterocycles. The lowest BCUT2D eigenvalue weighted by Crippen LogP contribution is -2.00. The van der Waals surface area contributed by atoms with E-state index in [1.807, 2.05) is 0 Å². The molecule has 0 aliphatic heterocycles. The first-order valence-electron chi connectivity index (χ1n) is 4.02. The summed E-state index contributed by atoms with van der Waals surface area (Å²) in [5, 5.41) is 0.942. The smallest absolute Gasteiger partial charge is 0.149 e. The maximum Gasteiger partial charge on any atom is 0.149 e. The van der Waals surface area contributed by atoms with E-state index in [1.54, 1.807) is 18.2 Å². The van der Waals surface area contributed by atoms with E-state index in [2.05, 4.69) is 5.92 Å². The third-order valence-electron chi connectivity index (χ3n) is 1.68. The van der Waals surface area contributed by atoms with Crippen molar-refractivity contribution in [1.29, 1.82) is 0 Å². The second-order valence-electron chi connectivity index (χ2n) is 2.84. The van der Waals surface area contributed by atoms with E-state index in [1.165, 1.54) is 0 Å². The van der Waals surface area contributed by atoms with E-state index in [0.29, 0.717) is 16.5 Å². The maximum absolute atomic E-state index is 11.2. The zero-order valence-corrected chi connectivity index (χ0v) is 8.90. The van der Waals surface area contributed by atoms with Crippen LogP contribution in [0, 0.1) is 12.3 Å². The van der Waals surface area contributed by atoms with Gasteiger partial charge in [-0.15, -0.1) is 6.42 Å². The van der Waals surface area contributed by atoms with E-state index in [0.717, 1.165) is 5.56 Å². The first-order chi connectivity index (χ1) is 6.63. The Morgan fingerprint density at radius 1 is 1.36 bits per heavy atom. The van der Waals surface area contributed by atoms with Gasteiger partial charge in [-0.05, 0) is 17.7 Å². The minimum atomic E-state index is 0.00545. The predicted molar refractivity (Wildman–Crippen MR) is 58.6 cm³/mol. The average molecular weight is 227 g/mol. The van der Waals surface area contributed by atoms with E-state index >= 15 is 0 Å². The Kier molecular flexibility index (Phi) is 4.00. The van der Waals surface area contributed by atoms with Crippen LogP contribution in [0.5, 0.6) is 0 Å². The van der Waals surface area contributed by atoms with Crippen molar-refractivity contribution in [3.8, 4) is 12.3 Å². The van der Waals surface area contributed by atoms with Crippen molar-refractivity contribution in [1.82, 2.24) is 0 Å². The van der Waals surface area contributed by atoms with Crippen LogP contribution in [0.25, 0.3) is 0 Å². The molecule has 14 heavy (non-hydrogen) atoms. The first kappa shape index (κ1) is 11.1. The molecule has 0 heterocycles. The molecule has 0 fully saturated rings. The molecule has 0 spiro atoms. The van der Waals surface area contributed by atoms with Gasteiger partial charge in [-0.1, -0.05) is 35.2 Å². The Balaban J connectivity index is 2.74. The van der Waals surface area contributed by atoms with Gasteiger partial charge in [-0.3, -0.25) is 4.79 Å². The number of carbonyl (C=O) groups excluding carboxylic acids is 1. The quantitative estimate of drug-likeness (QED) is 0.725. The maximum atomic E-state index is 11.2. The van der Waals surface area contributed by atoms with Gasteiger partial charge >= 0.3 is 0 Å². The summed E-state index contributed by atoms with van der Waals surface area (Å²) in [5.74, 6) is 2.31. The van der Waals surface area contributed by atoms with Gasteiger partial charge in [0.15, 0.2) is 0 Å². The Morgan fingerprint density at radius 3 is 2.64 bits per heavy atom. The molecule has 72 valence electrons. The van der Waals surface area contributed by atoms with Crippen LogP contribution in [-0.2, 0) is 11.2 Å². The summed E-state index contributed by atoms with van der Waals surface area (Å²) in [7, 11) is 0. The molecule has 0 radical (unpaired) electrons. The molecule has 0 unspecified atom stereocenters. The molecule has 1 aromatic rings. The number of hydrogen-bond donors (Lipinski definition) is 0. The Bertz CT molecular complexity index is 391. The first-order valence-corrected chi connectivity index (χ1v) is 4.78. The van der Waals surface area contributed by atoms with Gasteiger partial charge in [0.2, 0.25) is 0 Å². The van der Waals surface area contributed by atoms with Crippen LogP contribution in [-0.4, -0.2) is 5.78 Å². The van der Waals surface area contributed by atoms with Crippen molar-refractivity contribution in [2.45, 2.75) is 12.8 Å². The molecule has 0 bridgehead atoms. The number of halogens is 2. The summed E-state index contributed by atoms with van der Waals surface area (Å²) in [6.45, 7) is 0. The highest BCUT2D eigenvalue weighted by atomic mass is 35.5. The number of hydrogen-bond acceptors (Lipinski definition) is 1. The van der Waals surface area contributed by atoms with Crippen LogP contribution >= 0.6 is 23.2 Å². The molecule has 0 amide bonds. The molecule has 3 heteroatoms. The zero-order chi connectivity index (χ0) is 10.6. The predicted octanol–water partition coefficient (Wildman–Crippen LogP) is 3.13. The summed E-state index contributed by atoms with van der Waals surface area (Å²) < 4.78 is 0. The molecule has 1 aromatic carbocycles. The number of terminal acetylenes is 1. The number of rotatable bonds is 3. The van der Waals surface area contributed by atoms with Crippen molar-refractivity contribution >= 4 is 29.0 Å². The topological polar surface area (TPSA) is 17.1 Å². The number of benzene rings is 1. The van der Waals surface area contributed by atoms with Crippen LogP contribution in [0.2, 0.25) is 10.0 Å². The van der Waals surface area contributed by atoms with Gasteiger partial charge in [0, 0.05) is 6.42 Å². The summed E-state index contributed by atoms with van der Waals surface area (Å²) in [4.78, 5) is 11.2. The highest BCUT2D eigenvalue weighted by Gasteiger charge is 2.04. The highest BCUT2D eigenvalue weighted by molar-refractivity contribution is 6.42. The van der Waals surface area contributed by atoms with Gasteiger partial charge < -0.3 is 0 Å². The minimum absolute atomic E-state index is 0.00545. The van der Waals surface area contributed by atoms with Crippen molar-refractivity contribution in [2.75, 3.05) is 0 Å². The van der Waals surface area contributed by atoms with Crippen LogP contribution in [0.1, 0.15) is 12.0 Å². The lowest BCUT2D eigenvalue weighted by atomic mass is 10.1. The van der Waals surface area contributed by atoms with E-state index in [4.69, 9.17) is 29.6 Å². The van der Waals surface area contributed by atoms with Gasteiger partial charge in [0.1, 0.15) is 5.78 Å². The van der Waals surface area contributed by atoms with Crippen molar-refractivity contribution in [2.24, 2.45) is 0 Å². The van der Waals surface area contributed by atoms with Crippen molar-refractivity contribution in [3.05, 3.63) is 33.8 Å². The largest absolute Gasteiger partial charge is 0.298 e. The standard InChI is InChI=1S/C11H8Cl2O/c1-2-3-9(14)6-8-4-5-10(12)11(13)7-8/h1,4-5,7H,3,6H2. The van der Waals surface area contributed by atoms with Crippen LogP contribution < -0.4 is 0 Å². The molecule has 1 rings (SSSR count). The summed E-state index contributed by atoms with van der Waals surface area (Å²) in [6, 6.07) is 5.11. The van der Waals surface area contributed by atoms with Gasteiger partial charge in [0.25, 0.3) is 0 Å². The lowest BCUT2D eigenvalue weighted by Gasteiger charge is -2.00. The molecule has 0 N–H and O–H groups in total. The normalized spacial score (nSPS) is 9.50. The monoisotopic (exact) mass is 226 g/mol. The summed E-state index contributed by atoms with van der Waals surface area (Å²) in [6.07, 6.45) is 5.48. The van der Waals surface area contributed by atoms with Crippen LogP contribution in [0.15, 0.2) is 18.2 Å². The van der Waals surface area contributed by atoms with Crippen molar-refractivity contribution < 1.29 is 4.79 Å². The fourth-order valence-corrected chi connectivity index (χ4v) is 1.37.